The van der Waals surface area contributed by atoms with Crippen molar-refractivity contribution in [1.29, 1.82) is 0 Å². The van der Waals surface area contributed by atoms with E-state index in [0.29, 0.717) is 4.99 Å². The Kier molecular flexibility index (Phi) is 4.45. The number of anilines is 2. The summed E-state index contributed by atoms with van der Waals surface area (Å²) in [5, 5.41) is 3.39. The second kappa shape index (κ2) is 6.08. The van der Waals surface area contributed by atoms with E-state index in [2.05, 4.69) is 29.8 Å². The Morgan fingerprint density at radius 2 is 2.00 bits per heavy atom. The number of benzene rings is 2. The van der Waals surface area contributed by atoms with Crippen molar-refractivity contribution in [2.75, 3.05) is 11.6 Å². The Morgan fingerprint density at radius 1 is 1.21 bits per heavy atom. The van der Waals surface area contributed by atoms with Crippen LogP contribution in [-0.4, -0.2) is 11.2 Å². The zero-order valence-electron chi connectivity index (χ0n) is 10.9. The summed E-state index contributed by atoms with van der Waals surface area (Å²) < 4.78 is 0. The van der Waals surface area contributed by atoms with Crippen LogP contribution in [-0.2, 0) is 0 Å². The molecule has 2 aromatic carbocycles. The van der Waals surface area contributed by atoms with Gasteiger partial charge in [-0.25, -0.2) is 0 Å². The summed E-state index contributed by atoms with van der Waals surface area (Å²) in [7, 11) is 0. The minimum atomic E-state index is 0.406. The lowest BCUT2D eigenvalue weighted by molar-refractivity contribution is 1.41. The summed E-state index contributed by atoms with van der Waals surface area (Å²) in [6.45, 7) is 2.05. The lowest BCUT2D eigenvalue weighted by Crippen LogP contribution is -2.12. The predicted molar refractivity (Wildman–Crippen MR) is 88.6 cm³/mol. The summed E-state index contributed by atoms with van der Waals surface area (Å²) in [4.78, 5) is 1.62. The normalized spacial score (nSPS) is 10.2. The van der Waals surface area contributed by atoms with Crippen LogP contribution in [0.1, 0.15) is 11.1 Å². The first-order valence-electron chi connectivity index (χ1n) is 5.91. The molecular weight excluding hydrogens is 272 g/mol. The minimum absolute atomic E-state index is 0.406. The number of hydrogen-bond acceptors (Lipinski definition) is 3. The van der Waals surface area contributed by atoms with Gasteiger partial charge in [0.2, 0.25) is 0 Å². The molecule has 2 nitrogen and oxygen atoms in total. The largest absolute Gasteiger partial charge is 0.389 e. The van der Waals surface area contributed by atoms with Gasteiger partial charge in [0.05, 0.1) is 0 Å². The van der Waals surface area contributed by atoms with Crippen molar-refractivity contribution in [1.82, 2.24) is 0 Å². The van der Waals surface area contributed by atoms with Gasteiger partial charge in [0.1, 0.15) is 4.99 Å². The fourth-order valence-electron chi connectivity index (χ4n) is 1.83. The SMILES string of the molecule is CSc1cccc(Nc2cc(C)ccc2C(N)=S)c1. The van der Waals surface area contributed by atoms with E-state index in [1.807, 2.05) is 31.2 Å². The van der Waals surface area contributed by atoms with Gasteiger partial charge in [-0.3, -0.25) is 0 Å². The average molecular weight is 288 g/mol. The van der Waals surface area contributed by atoms with E-state index in [0.717, 1.165) is 16.9 Å². The van der Waals surface area contributed by atoms with E-state index in [4.69, 9.17) is 18.0 Å². The molecule has 0 saturated heterocycles. The van der Waals surface area contributed by atoms with E-state index < -0.39 is 0 Å². The highest BCUT2D eigenvalue weighted by Gasteiger charge is 2.06. The van der Waals surface area contributed by atoms with E-state index >= 15 is 0 Å². The second-order valence-corrected chi connectivity index (χ2v) is 5.59. The molecule has 0 aliphatic heterocycles. The van der Waals surface area contributed by atoms with Crippen LogP contribution in [0.15, 0.2) is 47.4 Å². The zero-order chi connectivity index (χ0) is 13.8. The van der Waals surface area contributed by atoms with Crippen molar-refractivity contribution in [3.63, 3.8) is 0 Å². The molecule has 98 valence electrons. The number of rotatable bonds is 4. The van der Waals surface area contributed by atoms with Crippen molar-refractivity contribution in [3.05, 3.63) is 53.6 Å². The second-order valence-electron chi connectivity index (χ2n) is 4.27. The summed E-state index contributed by atoms with van der Waals surface area (Å²) in [5.74, 6) is 0. The summed E-state index contributed by atoms with van der Waals surface area (Å²) in [6.07, 6.45) is 2.06. The molecule has 0 spiro atoms. The van der Waals surface area contributed by atoms with Crippen molar-refractivity contribution < 1.29 is 0 Å². The summed E-state index contributed by atoms with van der Waals surface area (Å²) >= 11 is 6.81. The molecule has 0 aromatic heterocycles. The molecule has 3 N–H and O–H groups in total. The number of thioether (sulfide) groups is 1. The van der Waals surface area contributed by atoms with E-state index in [1.165, 1.54) is 10.5 Å². The lowest BCUT2D eigenvalue weighted by atomic mass is 10.1. The first-order valence-corrected chi connectivity index (χ1v) is 7.55. The maximum absolute atomic E-state index is 5.76. The van der Waals surface area contributed by atoms with Crippen LogP contribution in [0.5, 0.6) is 0 Å². The molecule has 0 aliphatic carbocycles. The molecule has 0 unspecified atom stereocenters. The van der Waals surface area contributed by atoms with E-state index in [-0.39, 0.29) is 0 Å². The maximum atomic E-state index is 5.76. The van der Waals surface area contributed by atoms with Crippen LogP contribution in [0.3, 0.4) is 0 Å². The van der Waals surface area contributed by atoms with Gasteiger partial charge in [-0.2, -0.15) is 0 Å². The van der Waals surface area contributed by atoms with Gasteiger partial charge < -0.3 is 11.1 Å². The number of nitrogens with one attached hydrogen (secondary N) is 1. The van der Waals surface area contributed by atoms with Crippen LogP contribution < -0.4 is 11.1 Å². The number of hydrogen-bond donors (Lipinski definition) is 2. The van der Waals surface area contributed by atoms with Gasteiger partial charge >= 0.3 is 0 Å². The molecule has 2 rings (SSSR count). The number of nitrogens with two attached hydrogens (primary N) is 1. The molecular formula is C15H16N2S2. The lowest BCUT2D eigenvalue weighted by Gasteiger charge is -2.13. The van der Waals surface area contributed by atoms with Crippen LogP contribution in [0.25, 0.3) is 0 Å². The zero-order valence-corrected chi connectivity index (χ0v) is 12.6. The molecule has 0 amide bonds. The highest BCUT2D eigenvalue weighted by atomic mass is 32.2. The molecule has 0 saturated carbocycles. The third-order valence-electron chi connectivity index (χ3n) is 2.79. The van der Waals surface area contributed by atoms with Gasteiger partial charge in [-0.15, -0.1) is 11.8 Å². The average Bonchev–Trinajstić information content (AvgIpc) is 2.38. The van der Waals surface area contributed by atoms with Gasteiger partial charge in [-0.1, -0.05) is 24.4 Å². The highest BCUT2D eigenvalue weighted by Crippen LogP contribution is 2.25. The Hall–Kier alpha value is -1.52. The third-order valence-corrected chi connectivity index (χ3v) is 3.73. The van der Waals surface area contributed by atoms with Gasteiger partial charge in [0.25, 0.3) is 0 Å². The van der Waals surface area contributed by atoms with Crippen LogP contribution >= 0.6 is 24.0 Å². The van der Waals surface area contributed by atoms with E-state index in [9.17, 15) is 0 Å². The van der Waals surface area contributed by atoms with Crippen LogP contribution in [0, 0.1) is 6.92 Å². The predicted octanol–water partition coefficient (Wildman–Crippen LogP) is 4.09. The molecule has 0 bridgehead atoms. The van der Waals surface area contributed by atoms with Gasteiger partial charge in [-0.05, 0) is 49.1 Å². The topological polar surface area (TPSA) is 38.0 Å². The van der Waals surface area contributed by atoms with Crippen molar-refractivity contribution >= 4 is 40.3 Å². The van der Waals surface area contributed by atoms with Gasteiger partial charge in [0.15, 0.2) is 0 Å². The van der Waals surface area contributed by atoms with E-state index in [1.54, 1.807) is 11.8 Å². The highest BCUT2D eigenvalue weighted by molar-refractivity contribution is 7.98. The summed E-state index contributed by atoms with van der Waals surface area (Å²) in [5.41, 5.74) is 9.79. The third kappa shape index (κ3) is 3.49. The first-order chi connectivity index (χ1) is 9.10. The minimum Gasteiger partial charge on any atom is -0.389 e. The Morgan fingerprint density at radius 3 is 2.68 bits per heavy atom. The number of thiocarbonyl (C=S) groups is 1. The monoisotopic (exact) mass is 288 g/mol. The molecule has 19 heavy (non-hydrogen) atoms. The molecule has 0 heterocycles. The Labute approximate surface area is 123 Å². The quantitative estimate of drug-likeness (QED) is 0.656. The smallest absolute Gasteiger partial charge is 0.106 e. The van der Waals surface area contributed by atoms with Gasteiger partial charge in [0, 0.05) is 21.8 Å². The molecule has 0 radical (unpaired) electrons. The fraction of sp³-hybridized carbons (Fsp3) is 0.133. The maximum Gasteiger partial charge on any atom is 0.106 e. The molecule has 4 heteroatoms. The van der Waals surface area contributed by atoms with Crippen molar-refractivity contribution in [3.8, 4) is 0 Å². The Bertz CT molecular complexity index is 609. The molecule has 0 aliphatic rings. The first kappa shape index (κ1) is 13.9. The Balaban J connectivity index is 2.36. The summed E-state index contributed by atoms with van der Waals surface area (Å²) in [6, 6.07) is 14.3. The van der Waals surface area contributed by atoms with Crippen LogP contribution in [0.2, 0.25) is 0 Å². The molecule has 0 fully saturated rings. The number of aryl methyl sites for hydroxylation is 1. The van der Waals surface area contributed by atoms with Crippen molar-refractivity contribution in [2.24, 2.45) is 5.73 Å². The van der Waals surface area contributed by atoms with Crippen LogP contribution in [0.4, 0.5) is 11.4 Å². The standard InChI is InChI=1S/C15H16N2S2/c1-10-6-7-13(15(16)18)14(8-10)17-11-4-3-5-12(9-11)19-2/h3-9,17H,1-2H3,(H2,16,18). The molecule has 2 aromatic rings. The fourth-order valence-corrected chi connectivity index (χ4v) is 2.47. The molecule has 0 atom stereocenters. The van der Waals surface area contributed by atoms with Crippen molar-refractivity contribution in [2.45, 2.75) is 11.8 Å².